The highest BCUT2D eigenvalue weighted by molar-refractivity contribution is 5.73. The number of likely N-dealkylation sites (tertiary alicyclic amines) is 1. The molecular formula is C23H26N6O2. The van der Waals surface area contributed by atoms with Crippen LogP contribution in [0.5, 0.6) is 0 Å². The highest BCUT2D eigenvalue weighted by atomic mass is 16.2. The SMILES string of the molecule is CC(=O)N1CCC(Nc2nccc(N(C)c3c[nH]c(=O)c(-c4ccccc4)c3)n2)CC1. The van der Waals surface area contributed by atoms with E-state index < -0.39 is 0 Å². The van der Waals surface area contributed by atoms with Crippen LogP contribution in [-0.4, -0.2) is 51.9 Å². The standard InChI is InChI=1S/C23H26N6O2/c1-16(30)29-12-9-18(10-13-29)26-23-24-11-8-21(27-23)28(2)19-14-20(22(31)25-15-19)17-6-4-3-5-7-17/h3-8,11,14-15,18H,9-10,12-13H2,1-2H3,(H,25,31)(H,24,26,27). The first-order chi connectivity index (χ1) is 15.0. The number of nitrogens with one attached hydrogen (secondary N) is 2. The first-order valence-electron chi connectivity index (χ1n) is 10.4. The molecule has 1 aliphatic rings. The Morgan fingerprint density at radius 2 is 1.94 bits per heavy atom. The number of aromatic amines is 1. The monoisotopic (exact) mass is 418 g/mol. The number of anilines is 3. The summed E-state index contributed by atoms with van der Waals surface area (Å²) in [6.07, 6.45) is 5.13. The number of benzene rings is 1. The first kappa shape index (κ1) is 20.6. The van der Waals surface area contributed by atoms with Crippen molar-refractivity contribution in [2.45, 2.75) is 25.8 Å². The van der Waals surface area contributed by atoms with Crippen LogP contribution >= 0.6 is 0 Å². The van der Waals surface area contributed by atoms with Gasteiger partial charge in [-0.1, -0.05) is 30.3 Å². The van der Waals surface area contributed by atoms with Crippen molar-refractivity contribution in [3.8, 4) is 11.1 Å². The van der Waals surface area contributed by atoms with Gasteiger partial charge in [0.1, 0.15) is 5.82 Å². The van der Waals surface area contributed by atoms with Crippen LogP contribution in [0.1, 0.15) is 19.8 Å². The van der Waals surface area contributed by atoms with E-state index in [-0.39, 0.29) is 17.5 Å². The maximum Gasteiger partial charge on any atom is 0.255 e. The van der Waals surface area contributed by atoms with Crippen molar-refractivity contribution in [3.05, 3.63) is 65.2 Å². The normalized spacial score (nSPS) is 14.3. The number of carbonyl (C=O) groups is 1. The molecule has 1 aliphatic heterocycles. The van der Waals surface area contributed by atoms with Gasteiger partial charge >= 0.3 is 0 Å². The zero-order chi connectivity index (χ0) is 21.8. The minimum atomic E-state index is -0.134. The fraction of sp³-hybridized carbons (Fsp3) is 0.304. The number of rotatable bonds is 5. The summed E-state index contributed by atoms with van der Waals surface area (Å²) in [6, 6.07) is 13.5. The van der Waals surface area contributed by atoms with E-state index in [1.54, 1.807) is 19.3 Å². The van der Waals surface area contributed by atoms with E-state index in [4.69, 9.17) is 0 Å². The van der Waals surface area contributed by atoms with Crippen molar-refractivity contribution in [1.29, 1.82) is 0 Å². The molecule has 1 amide bonds. The van der Waals surface area contributed by atoms with Gasteiger partial charge in [0.2, 0.25) is 11.9 Å². The molecule has 0 spiro atoms. The molecule has 2 N–H and O–H groups in total. The Morgan fingerprint density at radius 1 is 1.19 bits per heavy atom. The van der Waals surface area contributed by atoms with Gasteiger partial charge < -0.3 is 20.1 Å². The molecule has 0 unspecified atom stereocenters. The van der Waals surface area contributed by atoms with Gasteiger partial charge in [-0.3, -0.25) is 9.59 Å². The van der Waals surface area contributed by atoms with E-state index >= 15 is 0 Å². The summed E-state index contributed by atoms with van der Waals surface area (Å²) < 4.78 is 0. The van der Waals surface area contributed by atoms with Crippen LogP contribution in [0.3, 0.4) is 0 Å². The predicted molar refractivity (Wildman–Crippen MR) is 121 cm³/mol. The summed E-state index contributed by atoms with van der Waals surface area (Å²) in [5.74, 6) is 1.39. The van der Waals surface area contributed by atoms with Crippen LogP contribution in [0.15, 0.2) is 59.7 Å². The average Bonchev–Trinajstić information content (AvgIpc) is 2.80. The van der Waals surface area contributed by atoms with Crippen molar-refractivity contribution >= 4 is 23.4 Å². The zero-order valence-electron chi connectivity index (χ0n) is 17.7. The van der Waals surface area contributed by atoms with Crippen LogP contribution in [0, 0.1) is 0 Å². The molecule has 4 rings (SSSR count). The summed E-state index contributed by atoms with van der Waals surface area (Å²) in [5.41, 5.74) is 2.15. The highest BCUT2D eigenvalue weighted by Gasteiger charge is 2.21. The lowest BCUT2D eigenvalue weighted by Crippen LogP contribution is -2.41. The van der Waals surface area contributed by atoms with Gasteiger partial charge in [-0.05, 0) is 30.5 Å². The minimum absolute atomic E-state index is 0.120. The quantitative estimate of drug-likeness (QED) is 0.662. The third kappa shape index (κ3) is 4.74. The smallest absolute Gasteiger partial charge is 0.255 e. The van der Waals surface area contributed by atoms with E-state index in [9.17, 15) is 9.59 Å². The fourth-order valence-electron chi connectivity index (χ4n) is 3.76. The highest BCUT2D eigenvalue weighted by Crippen LogP contribution is 2.25. The second-order valence-corrected chi connectivity index (χ2v) is 7.69. The Hall–Kier alpha value is -3.68. The van der Waals surface area contributed by atoms with Gasteiger partial charge in [-0.15, -0.1) is 0 Å². The summed E-state index contributed by atoms with van der Waals surface area (Å²) in [7, 11) is 1.90. The van der Waals surface area contributed by atoms with Gasteiger partial charge in [0.15, 0.2) is 0 Å². The molecule has 0 aliphatic carbocycles. The minimum Gasteiger partial charge on any atom is -0.351 e. The van der Waals surface area contributed by atoms with Crippen molar-refractivity contribution in [2.75, 3.05) is 30.4 Å². The number of amides is 1. The summed E-state index contributed by atoms with van der Waals surface area (Å²) in [5, 5.41) is 3.39. The van der Waals surface area contributed by atoms with Crippen molar-refractivity contribution < 1.29 is 4.79 Å². The molecule has 0 radical (unpaired) electrons. The summed E-state index contributed by atoms with van der Waals surface area (Å²) in [6.45, 7) is 3.09. The van der Waals surface area contributed by atoms with E-state index in [1.165, 1.54) is 0 Å². The Balaban J connectivity index is 1.51. The number of carbonyl (C=O) groups excluding carboxylic acids is 1. The average molecular weight is 419 g/mol. The molecule has 3 aromatic rings. The zero-order valence-corrected chi connectivity index (χ0v) is 17.7. The molecule has 8 heteroatoms. The number of nitrogens with zero attached hydrogens (tertiary/aromatic N) is 4. The Kier molecular flexibility index (Phi) is 5.97. The third-order valence-electron chi connectivity index (χ3n) is 5.62. The van der Waals surface area contributed by atoms with Crippen LogP contribution in [0.2, 0.25) is 0 Å². The van der Waals surface area contributed by atoms with Gasteiger partial charge in [-0.25, -0.2) is 4.98 Å². The molecule has 1 aromatic carbocycles. The second-order valence-electron chi connectivity index (χ2n) is 7.69. The molecule has 1 fully saturated rings. The Bertz CT molecular complexity index is 1110. The fourth-order valence-corrected chi connectivity index (χ4v) is 3.76. The first-order valence-corrected chi connectivity index (χ1v) is 10.4. The number of aromatic nitrogens is 3. The van der Waals surface area contributed by atoms with Gasteiger partial charge in [0, 0.05) is 51.1 Å². The number of hydrogen-bond donors (Lipinski definition) is 2. The topological polar surface area (TPSA) is 94.2 Å². The lowest BCUT2D eigenvalue weighted by Gasteiger charge is -2.31. The van der Waals surface area contributed by atoms with Gasteiger partial charge in [0.05, 0.1) is 5.69 Å². The van der Waals surface area contributed by atoms with Crippen LogP contribution in [0.4, 0.5) is 17.5 Å². The lowest BCUT2D eigenvalue weighted by atomic mass is 10.1. The summed E-state index contributed by atoms with van der Waals surface area (Å²) >= 11 is 0. The molecule has 8 nitrogen and oxygen atoms in total. The van der Waals surface area contributed by atoms with Crippen LogP contribution in [-0.2, 0) is 4.79 Å². The Morgan fingerprint density at radius 3 is 2.65 bits per heavy atom. The molecule has 0 saturated carbocycles. The largest absolute Gasteiger partial charge is 0.351 e. The molecule has 3 heterocycles. The van der Waals surface area contributed by atoms with Crippen molar-refractivity contribution in [3.63, 3.8) is 0 Å². The predicted octanol–water partition coefficient (Wildman–Crippen LogP) is 3.02. The molecule has 1 saturated heterocycles. The number of pyridine rings is 1. The maximum atomic E-state index is 12.3. The third-order valence-corrected chi connectivity index (χ3v) is 5.62. The molecule has 0 bridgehead atoms. The van der Waals surface area contributed by atoms with E-state index in [1.807, 2.05) is 59.3 Å². The Labute approximate surface area is 181 Å². The van der Waals surface area contributed by atoms with Crippen LogP contribution < -0.4 is 15.8 Å². The van der Waals surface area contributed by atoms with E-state index in [2.05, 4.69) is 20.3 Å². The van der Waals surface area contributed by atoms with E-state index in [0.29, 0.717) is 17.3 Å². The van der Waals surface area contributed by atoms with Gasteiger partial charge in [-0.2, -0.15) is 4.98 Å². The van der Waals surface area contributed by atoms with Gasteiger partial charge in [0.25, 0.3) is 5.56 Å². The van der Waals surface area contributed by atoms with Crippen molar-refractivity contribution in [2.24, 2.45) is 0 Å². The molecular weight excluding hydrogens is 392 g/mol. The van der Waals surface area contributed by atoms with E-state index in [0.717, 1.165) is 37.2 Å². The van der Waals surface area contributed by atoms with Crippen molar-refractivity contribution in [1.82, 2.24) is 19.9 Å². The van der Waals surface area contributed by atoms with Crippen LogP contribution in [0.25, 0.3) is 11.1 Å². The number of hydrogen-bond acceptors (Lipinski definition) is 6. The molecule has 31 heavy (non-hydrogen) atoms. The molecule has 0 atom stereocenters. The molecule has 2 aromatic heterocycles. The molecule has 160 valence electrons. The lowest BCUT2D eigenvalue weighted by molar-refractivity contribution is -0.129. The summed E-state index contributed by atoms with van der Waals surface area (Å²) in [4.78, 5) is 39.5. The number of piperidine rings is 1. The second kappa shape index (κ2) is 8.99. The maximum absolute atomic E-state index is 12.3. The number of H-pyrrole nitrogens is 1.